The molecule has 0 aromatic heterocycles. The summed E-state index contributed by atoms with van der Waals surface area (Å²) in [5.41, 5.74) is 7.60. The summed E-state index contributed by atoms with van der Waals surface area (Å²) in [5, 5.41) is 0. The molecule has 19 heavy (non-hydrogen) atoms. The van der Waals surface area contributed by atoms with Crippen LogP contribution in [0.3, 0.4) is 0 Å². The van der Waals surface area contributed by atoms with Gasteiger partial charge in [0, 0.05) is 0 Å². The van der Waals surface area contributed by atoms with Crippen molar-refractivity contribution in [2.45, 2.75) is 33.1 Å². The van der Waals surface area contributed by atoms with E-state index in [4.69, 9.17) is 0 Å². The lowest BCUT2D eigenvalue weighted by molar-refractivity contribution is 0.982. The monoisotopic (exact) mass is 250 g/mol. The Labute approximate surface area is 116 Å². The van der Waals surface area contributed by atoms with Crippen molar-refractivity contribution in [2.24, 2.45) is 0 Å². The number of hydrogen-bond acceptors (Lipinski definition) is 0. The number of allylic oxidation sites excluding steroid dienone is 6. The first kappa shape index (κ1) is 13.6. The highest BCUT2D eigenvalue weighted by Crippen LogP contribution is 2.28. The van der Waals surface area contributed by atoms with Crippen LogP contribution in [0.15, 0.2) is 66.3 Å². The Morgan fingerprint density at radius 2 is 1.79 bits per heavy atom. The van der Waals surface area contributed by atoms with Crippen molar-refractivity contribution >= 4 is 5.57 Å². The highest BCUT2D eigenvalue weighted by Gasteiger charge is 2.11. The van der Waals surface area contributed by atoms with Crippen molar-refractivity contribution in [3.63, 3.8) is 0 Å². The number of benzene rings is 1. The fourth-order valence-corrected chi connectivity index (χ4v) is 2.64. The summed E-state index contributed by atoms with van der Waals surface area (Å²) in [7, 11) is 0. The van der Waals surface area contributed by atoms with Gasteiger partial charge in [-0.05, 0) is 61.0 Å². The van der Waals surface area contributed by atoms with Crippen molar-refractivity contribution < 1.29 is 0 Å². The second-order valence-electron chi connectivity index (χ2n) is 5.30. The van der Waals surface area contributed by atoms with Crippen molar-refractivity contribution in [1.82, 2.24) is 0 Å². The molecule has 1 aromatic rings. The minimum absolute atomic E-state index is 0.903. The molecule has 1 aromatic carbocycles. The SMILES string of the molecule is C=C(Cc1ccccc1C(=C)C)C1=CCCC=C1C. The predicted molar refractivity (Wildman–Crippen MR) is 85.1 cm³/mol. The van der Waals surface area contributed by atoms with Crippen LogP contribution in [0.2, 0.25) is 0 Å². The normalized spacial score (nSPS) is 14.6. The molecule has 2 rings (SSSR count). The van der Waals surface area contributed by atoms with Gasteiger partial charge in [-0.3, -0.25) is 0 Å². The Kier molecular flexibility index (Phi) is 4.21. The van der Waals surface area contributed by atoms with Crippen LogP contribution in [0.5, 0.6) is 0 Å². The first-order valence-corrected chi connectivity index (χ1v) is 6.89. The van der Waals surface area contributed by atoms with E-state index in [0.717, 1.165) is 24.8 Å². The van der Waals surface area contributed by atoms with Gasteiger partial charge in [0.25, 0.3) is 0 Å². The van der Waals surface area contributed by atoms with E-state index in [9.17, 15) is 0 Å². The summed E-state index contributed by atoms with van der Waals surface area (Å²) in [6.07, 6.45) is 7.82. The van der Waals surface area contributed by atoms with Gasteiger partial charge in [0.2, 0.25) is 0 Å². The molecular formula is C19H22. The zero-order valence-corrected chi connectivity index (χ0v) is 12.0. The van der Waals surface area contributed by atoms with Crippen LogP contribution in [0.4, 0.5) is 0 Å². The summed E-state index contributed by atoms with van der Waals surface area (Å²) >= 11 is 0. The smallest absolute Gasteiger partial charge is 0.00197 e. The number of hydrogen-bond donors (Lipinski definition) is 0. The Morgan fingerprint density at radius 1 is 1.11 bits per heavy atom. The van der Waals surface area contributed by atoms with Crippen molar-refractivity contribution in [2.75, 3.05) is 0 Å². The largest absolute Gasteiger partial charge is 0.0955 e. The quantitative estimate of drug-likeness (QED) is 0.663. The summed E-state index contributed by atoms with van der Waals surface area (Å²) in [4.78, 5) is 0. The molecule has 0 heteroatoms. The average Bonchev–Trinajstić information content (AvgIpc) is 2.39. The Bertz CT molecular complexity index is 567. The molecule has 0 fully saturated rings. The van der Waals surface area contributed by atoms with Gasteiger partial charge >= 0.3 is 0 Å². The van der Waals surface area contributed by atoms with E-state index < -0.39 is 0 Å². The van der Waals surface area contributed by atoms with E-state index in [1.165, 1.54) is 27.8 Å². The van der Waals surface area contributed by atoms with E-state index in [1.54, 1.807) is 0 Å². The van der Waals surface area contributed by atoms with Crippen LogP contribution in [0.25, 0.3) is 5.57 Å². The maximum Gasteiger partial charge on any atom is -0.00197 e. The molecule has 0 atom stereocenters. The van der Waals surface area contributed by atoms with E-state index in [2.05, 4.69) is 63.4 Å². The molecule has 0 amide bonds. The highest BCUT2D eigenvalue weighted by atomic mass is 14.2. The molecule has 0 saturated carbocycles. The van der Waals surface area contributed by atoms with Crippen LogP contribution < -0.4 is 0 Å². The average molecular weight is 250 g/mol. The standard InChI is InChI=1S/C19H22/c1-14(2)18-11-8-6-10-17(18)13-16(4)19-12-7-5-9-15(19)3/h6,8-12H,1,4-5,7,13H2,2-3H3. The summed E-state index contributed by atoms with van der Waals surface area (Å²) < 4.78 is 0. The molecule has 0 N–H and O–H groups in total. The molecule has 0 saturated heterocycles. The van der Waals surface area contributed by atoms with Crippen molar-refractivity contribution in [3.8, 4) is 0 Å². The molecule has 0 bridgehead atoms. The van der Waals surface area contributed by atoms with Crippen LogP contribution in [0, 0.1) is 0 Å². The Morgan fingerprint density at radius 3 is 2.47 bits per heavy atom. The van der Waals surface area contributed by atoms with Crippen LogP contribution in [-0.4, -0.2) is 0 Å². The van der Waals surface area contributed by atoms with Crippen LogP contribution in [0.1, 0.15) is 37.8 Å². The van der Waals surface area contributed by atoms with Gasteiger partial charge in [0.15, 0.2) is 0 Å². The Balaban J connectivity index is 2.22. The van der Waals surface area contributed by atoms with E-state index in [1.807, 2.05) is 0 Å². The van der Waals surface area contributed by atoms with Gasteiger partial charge in [0.1, 0.15) is 0 Å². The minimum Gasteiger partial charge on any atom is -0.0955 e. The third-order valence-electron chi connectivity index (χ3n) is 3.65. The first-order valence-electron chi connectivity index (χ1n) is 6.89. The zero-order valence-electron chi connectivity index (χ0n) is 12.0. The van der Waals surface area contributed by atoms with E-state index in [-0.39, 0.29) is 0 Å². The lowest BCUT2D eigenvalue weighted by atomic mass is 9.88. The summed E-state index contributed by atoms with van der Waals surface area (Å²) in [6.45, 7) is 12.6. The highest BCUT2D eigenvalue weighted by molar-refractivity contribution is 5.65. The van der Waals surface area contributed by atoms with Crippen LogP contribution >= 0.6 is 0 Å². The third-order valence-corrected chi connectivity index (χ3v) is 3.65. The van der Waals surface area contributed by atoms with Gasteiger partial charge in [-0.15, -0.1) is 0 Å². The molecule has 1 aliphatic rings. The molecular weight excluding hydrogens is 228 g/mol. The second kappa shape index (κ2) is 5.88. The fourth-order valence-electron chi connectivity index (χ4n) is 2.64. The topological polar surface area (TPSA) is 0 Å². The third kappa shape index (κ3) is 3.14. The molecule has 0 aliphatic heterocycles. The van der Waals surface area contributed by atoms with E-state index >= 15 is 0 Å². The molecule has 1 aliphatic carbocycles. The summed E-state index contributed by atoms with van der Waals surface area (Å²) in [6, 6.07) is 8.48. The van der Waals surface area contributed by atoms with Crippen LogP contribution in [-0.2, 0) is 6.42 Å². The fraction of sp³-hybridized carbons (Fsp3) is 0.263. The van der Waals surface area contributed by atoms with Gasteiger partial charge in [-0.1, -0.05) is 55.1 Å². The molecule has 0 unspecified atom stereocenters. The summed E-state index contributed by atoms with van der Waals surface area (Å²) in [5.74, 6) is 0. The predicted octanol–water partition coefficient (Wildman–Crippen LogP) is 5.48. The van der Waals surface area contributed by atoms with Gasteiger partial charge in [0.05, 0.1) is 0 Å². The molecule has 0 nitrogen and oxygen atoms in total. The maximum absolute atomic E-state index is 4.29. The molecule has 0 spiro atoms. The zero-order chi connectivity index (χ0) is 13.8. The van der Waals surface area contributed by atoms with Gasteiger partial charge in [-0.25, -0.2) is 0 Å². The Hall–Kier alpha value is -1.82. The number of rotatable bonds is 4. The first-order chi connectivity index (χ1) is 9.09. The molecule has 98 valence electrons. The van der Waals surface area contributed by atoms with Crippen molar-refractivity contribution in [1.29, 1.82) is 0 Å². The lowest BCUT2D eigenvalue weighted by Gasteiger charge is -2.17. The minimum atomic E-state index is 0.903. The maximum atomic E-state index is 4.29. The van der Waals surface area contributed by atoms with Gasteiger partial charge in [-0.2, -0.15) is 0 Å². The van der Waals surface area contributed by atoms with Crippen molar-refractivity contribution in [3.05, 3.63) is 77.4 Å². The lowest BCUT2D eigenvalue weighted by Crippen LogP contribution is -2.00. The second-order valence-corrected chi connectivity index (χ2v) is 5.30. The molecule has 0 heterocycles. The van der Waals surface area contributed by atoms with Gasteiger partial charge < -0.3 is 0 Å². The molecule has 0 radical (unpaired) electrons. The van der Waals surface area contributed by atoms with E-state index in [0.29, 0.717) is 0 Å².